The molecule has 4 N–H and O–H groups in total. The molecule has 2 aliphatic heterocycles. The molecule has 0 unspecified atom stereocenters. The molecule has 14 nitrogen and oxygen atoms in total. The van der Waals surface area contributed by atoms with Crippen LogP contribution >= 0.6 is 11.3 Å². The van der Waals surface area contributed by atoms with Crippen LogP contribution < -0.4 is 10.1 Å². The quantitative estimate of drug-likeness (QED) is 0.111. The Bertz CT molecular complexity index is 2370. The van der Waals surface area contributed by atoms with E-state index in [1.807, 2.05) is 75.7 Å². The van der Waals surface area contributed by atoms with Crippen molar-refractivity contribution in [1.29, 1.82) is 0 Å². The van der Waals surface area contributed by atoms with Gasteiger partial charge in [-0.1, -0.05) is 50.2 Å². The summed E-state index contributed by atoms with van der Waals surface area (Å²) in [6.07, 6.45) is -0.674. The summed E-state index contributed by atoms with van der Waals surface area (Å²) in [7, 11) is 0. The predicted molar refractivity (Wildman–Crippen MR) is 215 cm³/mol. The van der Waals surface area contributed by atoms with Crippen molar-refractivity contribution in [2.24, 2.45) is 5.92 Å². The number of aromatic nitrogens is 5. The monoisotopic (exact) mass is 790 g/mol. The number of aliphatic hydroxyl groups excluding tert-OH is 1. The largest absolute Gasteiger partial charge is 0.507 e. The molecule has 4 atom stereocenters. The fraction of sp³-hybridized carbons (Fsp3) is 0.381. The third kappa shape index (κ3) is 8.00. The number of nitrogens with one attached hydrogen (secondary N) is 2. The predicted octanol–water partition coefficient (Wildman–Crippen LogP) is 5.81. The molecule has 2 aliphatic rings. The van der Waals surface area contributed by atoms with Crippen LogP contribution in [0.4, 0.5) is 0 Å². The number of benzene rings is 2. The zero-order valence-electron chi connectivity index (χ0n) is 32.3. The van der Waals surface area contributed by atoms with Gasteiger partial charge in [0.25, 0.3) is 5.88 Å². The number of para-hydroxylation sites is 1. The summed E-state index contributed by atoms with van der Waals surface area (Å²) in [4.78, 5) is 40.3. The number of amides is 2. The number of ether oxygens (including phenoxy) is 1. The number of aromatic amines is 1. The molecule has 4 aromatic heterocycles. The van der Waals surface area contributed by atoms with E-state index in [9.17, 15) is 19.8 Å². The van der Waals surface area contributed by atoms with Gasteiger partial charge in [0.15, 0.2) is 11.4 Å². The first kappa shape index (κ1) is 38.2. The number of aliphatic hydroxyl groups is 1. The molecule has 2 amide bonds. The van der Waals surface area contributed by atoms with E-state index in [0.29, 0.717) is 41.7 Å². The molecule has 15 heteroatoms. The molecule has 296 valence electrons. The molecule has 0 bridgehead atoms. The second-order valence-corrected chi connectivity index (χ2v) is 16.2. The molecule has 8 rings (SSSR count). The van der Waals surface area contributed by atoms with Gasteiger partial charge in [-0.25, -0.2) is 4.98 Å². The number of phenolic OH excluding ortho intramolecular Hbond substituents is 1. The average Bonchev–Trinajstić information content (AvgIpc) is 3.99. The first-order chi connectivity index (χ1) is 27.5. The Labute approximate surface area is 333 Å². The van der Waals surface area contributed by atoms with Crippen molar-refractivity contribution in [2.75, 3.05) is 32.8 Å². The lowest BCUT2D eigenvalue weighted by molar-refractivity contribution is -0.141. The van der Waals surface area contributed by atoms with E-state index in [-0.39, 0.29) is 48.4 Å². The summed E-state index contributed by atoms with van der Waals surface area (Å²) in [6, 6.07) is 19.6. The number of phenols is 1. The highest BCUT2D eigenvalue weighted by molar-refractivity contribution is 7.13. The van der Waals surface area contributed by atoms with Gasteiger partial charge in [0.2, 0.25) is 11.8 Å². The summed E-state index contributed by atoms with van der Waals surface area (Å²) >= 11 is 1.59. The second kappa shape index (κ2) is 16.1. The van der Waals surface area contributed by atoms with E-state index in [1.54, 1.807) is 29.5 Å². The lowest BCUT2D eigenvalue weighted by Crippen LogP contribution is -2.48. The van der Waals surface area contributed by atoms with Crippen molar-refractivity contribution in [3.05, 3.63) is 95.0 Å². The van der Waals surface area contributed by atoms with Crippen LogP contribution in [0, 0.1) is 12.8 Å². The number of likely N-dealkylation sites (tertiary alicyclic amines) is 2. The topological polar surface area (TPSA) is 183 Å². The van der Waals surface area contributed by atoms with Gasteiger partial charge in [-0.05, 0) is 60.3 Å². The molecule has 2 aromatic carbocycles. The van der Waals surface area contributed by atoms with Crippen molar-refractivity contribution < 1.29 is 29.1 Å². The second-order valence-electron chi connectivity index (χ2n) is 15.4. The SMILES string of the molecule is Cc1ncsc1-c1ccc([C@H](C)NC(=O)[C@@H]2C[C@@H](O)CN2C(=O)[C@@H](c2cc(OCCN3CC(c4cc5cc(-c6ccccc6O)nnc5[nH]4)C3)no2)C(C)C)cc1. The van der Waals surface area contributed by atoms with E-state index >= 15 is 0 Å². The third-order valence-corrected chi connectivity index (χ3v) is 12.0. The first-order valence-corrected chi connectivity index (χ1v) is 20.2. The Balaban J connectivity index is 0.838. The Morgan fingerprint density at radius 3 is 2.58 bits per heavy atom. The number of aryl methyl sites for hydroxylation is 1. The molecule has 0 aliphatic carbocycles. The highest BCUT2D eigenvalue weighted by Gasteiger charge is 2.43. The molecular formula is C42H46N8O6S. The van der Waals surface area contributed by atoms with Gasteiger partial charge in [-0.2, -0.15) is 0 Å². The number of β-amino-alcohol motifs (C(OH)–C–C–N with tert-alkyl or cyclic N) is 1. The maximum Gasteiger partial charge on any atom is 0.254 e. The van der Waals surface area contributed by atoms with Crippen molar-refractivity contribution in [1.82, 2.24) is 40.4 Å². The van der Waals surface area contributed by atoms with E-state index < -0.39 is 18.1 Å². The summed E-state index contributed by atoms with van der Waals surface area (Å²) < 4.78 is 11.6. The van der Waals surface area contributed by atoms with E-state index in [4.69, 9.17) is 9.26 Å². The highest BCUT2D eigenvalue weighted by atomic mass is 32.1. The Morgan fingerprint density at radius 2 is 1.84 bits per heavy atom. The van der Waals surface area contributed by atoms with Crippen LogP contribution in [0.5, 0.6) is 11.6 Å². The van der Waals surface area contributed by atoms with Crippen LogP contribution in [0.15, 0.2) is 76.8 Å². The maximum absolute atomic E-state index is 14.1. The van der Waals surface area contributed by atoms with Crippen LogP contribution in [0.1, 0.15) is 67.8 Å². The zero-order chi connectivity index (χ0) is 39.8. The molecule has 0 spiro atoms. The summed E-state index contributed by atoms with van der Waals surface area (Å²) in [5.41, 5.74) is 7.86. The number of thiazole rings is 1. The standard InChI is InChI=1S/C42H46N8O6S/c1-23(2)38(42(54)50-21-30(51)17-34(50)41(53)44-24(3)26-9-11-27(12-10-26)39-25(4)43-22-57-39)36-18-37(48-56-36)55-14-13-49-19-29(20-49)32-15-28-16-33(46-47-40(28)45-32)31-7-5-6-8-35(31)52/h5-12,15-16,18,22-24,29-30,34,38,51-52H,13-14,17,19-21H2,1-4H3,(H,44,53)(H,45,47)/t24-,30+,34-,38+/m0/s1. The fourth-order valence-corrected chi connectivity index (χ4v) is 8.64. The van der Waals surface area contributed by atoms with Crippen LogP contribution in [-0.4, -0.2) is 102 Å². The third-order valence-electron chi connectivity index (χ3n) is 11.0. The van der Waals surface area contributed by atoms with Crippen molar-refractivity contribution in [2.45, 2.75) is 64.1 Å². The zero-order valence-corrected chi connectivity index (χ0v) is 33.1. The Morgan fingerprint density at radius 1 is 1.05 bits per heavy atom. The minimum atomic E-state index is -0.826. The molecule has 2 saturated heterocycles. The Kier molecular flexibility index (Phi) is 10.8. The molecular weight excluding hydrogens is 745 g/mol. The number of aromatic hydroxyl groups is 1. The van der Waals surface area contributed by atoms with Gasteiger partial charge in [0, 0.05) is 61.2 Å². The Hall–Kier alpha value is -5.64. The van der Waals surface area contributed by atoms with Crippen LogP contribution in [0.3, 0.4) is 0 Å². The number of nitrogens with zero attached hydrogens (tertiary/aromatic N) is 6. The van der Waals surface area contributed by atoms with Crippen LogP contribution in [-0.2, 0) is 9.59 Å². The molecule has 0 radical (unpaired) electrons. The van der Waals surface area contributed by atoms with Gasteiger partial charge < -0.3 is 34.7 Å². The summed E-state index contributed by atoms with van der Waals surface area (Å²) in [6.45, 7) is 10.5. The first-order valence-electron chi connectivity index (χ1n) is 19.3. The molecule has 6 aromatic rings. The van der Waals surface area contributed by atoms with Crippen molar-refractivity contribution in [3.63, 3.8) is 0 Å². The van der Waals surface area contributed by atoms with Gasteiger partial charge >= 0.3 is 0 Å². The maximum atomic E-state index is 14.1. The van der Waals surface area contributed by atoms with E-state index in [2.05, 4.69) is 41.6 Å². The molecule has 0 saturated carbocycles. The van der Waals surface area contributed by atoms with Crippen molar-refractivity contribution >= 4 is 34.2 Å². The smallest absolute Gasteiger partial charge is 0.254 e. The number of fused-ring (bicyclic) bond motifs is 1. The lowest BCUT2D eigenvalue weighted by Gasteiger charge is -2.38. The van der Waals surface area contributed by atoms with Gasteiger partial charge in [0.05, 0.1) is 33.9 Å². The number of hydrogen-bond acceptors (Lipinski definition) is 12. The van der Waals surface area contributed by atoms with Crippen LogP contribution in [0.25, 0.3) is 32.7 Å². The van der Waals surface area contributed by atoms with Gasteiger partial charge in [-0.3, -0.25) is 14.5 Å². The van der Waals surface area contributed by atoms with E-state index in [0.717, 1.165) is 45.9 Å². The number of carbonyl (C=O) groups excluding carboxylic acids is 2. The fourth-order valence-electron chi connectivity index (χ4n) is 7.83. The molecule has 2 fully saturated rings. The average molecular weight is 791 g/mol. The minimum absolute atomic E-state index is 0.0525. The minimum Gasteiger partial charge on any atom is -0.507 e. The summed E-state index contributed by atoms with van der Waals surface area (Å²) in [5.74, 6) is -0.393. The van der Waals surface area contributed by atoms with Gasteiger partial charge in [-0.15, -0.1) is 21.5 Å². The highest BCUT2D eigenvalue weighted by Crippen LogP contribution is 2.35. The normalized spacial score (nSPS) is 18.5. The number of rotatable bonds is 13. The number of hydrogen-bond donors (Lipinski definition) is 4. The number of H-pyrrole nitrogens is 1. The van der Waals surface area contributed by atoms with Crippen molar-refractivity contribution in [3.8, 4) is 33.3 Å². The molecule has 6 heterocycles. The van der Waals surface area contributed by atoms with E-state index in [1.165, 1.54) is 4.90 Å². The van der Waals surface area contributed by atoms with Gasteiger partial charge in [0.1, 0.15) is 24.3 Å². The molecule has 57 heavy (non-hydrogen) atoms. The van der Waals surface area contributed by atoms with Crippen LogP contribution in [0.2, 0.25) is 0 Å². The summed E-state index contributed by atoms with van der Waals surface area (Å²) in [5, 5.41) is 37.6. The lowest BCUT2D eigenvalue weighted by atomic mass is 9.91. The number of carbonyl (C=O) groups is 2.